The van der Waals surface area contributed by atoms with Gasteiger partial charge in [0.25, 0.3) is 0 Å². The van der Waals surface area contributed by atoms with E-state index in [1.807, 2.05) is 26.0 Å². The number of hydrogen-bond donors (Lipinski definition) is 2. The van der Waals surface area contributed by atoms with Gasteiger partial charge in [-0.15, -0.1) is 0 Å². The van der Waals surface area contributed by atoms with Gasteiger partial charge in [-0.25, -0.2) is 0 Å². The van der Waals surface area contributed by atoms with Gasteiger partial charge in [-0.05, 0) is 31.7 Å². The Morgan fingerprint density at radius 3 is 2.50 bits per heavy atom. The first-order chi connectivity index (χ1) is 12.4. The first-order valence-corrected chi connectivity index (χ1v) is 9.24. The molecule has 0 aromatic heterocycles. The topological polar surface area (TPSA) is 69.6 Å². The van der Waals surface area contributed by atoms with Crippen molar-refractivity contribution in [3.8, 4) is 0 Å². The highest BCUT2D eigenvalue weighted by atomic mass is 19.1. The molecule has 6 heteroatoms. The predicted molar refractivity (Wildman–Crippen MR) is 96.3 cm³/mol. The molecule has 26 heavy (non-hydrogen) atoms. The smallest absolute Gasteiger partial charge is 0.226 e. The summed E-state index contributed by atoms with van der Waals surface area (Å²) >= 11 is 0. The third kappa shape index (κ3) is 4.41. The minimum atomic E-state index is -0.650. The Hall–Kier alpha value is -1.95. The number of halogens is 1. The maximum absolute atomic E-state index is 12.6. The second kappa shape index (κ2) is 7.74. The Morgan fingerprint density at radius 1 is 1.19 bits per heavy atom. The van der Waals surface area contributed by atoms with E-state index in [2.05, 4.69) is 11.4 Å². The van der Waals surface area contributed by atoms with Crippen molar-refractivity contribution in [2.75, 3.05) is 26.3 Å². The van der Waals surface area contributed by atoms with Crippen molar-refractivity contribution in [2.45, 2.75) is 32.8 Å². The Bertz CT molecular complexity index is 673. The molecule has 0 radical (unpaired) electrons. The average molecular weight is 362 g/mol. The normalized spacial score (nSPS) is 27.5. The van der Waals surface area contributed by atoms with E-state index in [4.69, 9.17) is 0 Å². The van der Waals surface area contributed by atoms with Crippen LogP contribution in [0.4, 0.5) is 4.39 Å². The third-order valence-corrected chi connectivity index (χ3v) is 5.36. The van der Waals surface area contributed by atoms with Crippen LogP contribution < -0.4 is 5.32 Å². The van der Waals surface area contributed by atoms with Crippen molar-refractivity contribution in [1.82, 2.24) is 10.2 Å². The average Bonchev–Trinajstić information content (AvgIpc) is 3.27. The second-order valence-electron chi connectivity index (χ2n) is 7.80. The Balaban J connectivity index is 1.47. The van der Waals surface area contributed by atoms with E-state index in [1.54, 1.807) is 4.90 Å². The maximum atomic E-state index is 12.6. The van der Waals surface area contributed by atoms with Crippen molar-refractivity contribution >= 4 is 11.8 Å². The Kier molecular flexibility index (Phi) is 5.61. The van der Waals surface area contributed by atoms with E-state index in [0.717, 1.165) is 16.7 Å². The number of nitrogens with one attached hydrogen (secondary N) is 1. The highest BCUT2D eigenvalue weighted by Gasteiger charge is 2.47. The number of nitrogens with zero attached hydrogens (tertiary/aromatic N) is 1. The van der Waals surface area contributed by atoms with E-state index in [1.165, 1.54) is 0 Å². The molecule has 2 amide bonds. The van der Waals surface area contributed by atoms with Crippen LogP contribution in [-0.2, 0) is 16.0 Å². The molecule has 2 N–H and O–H groups in total. The van der Waals surface area contributed by atoms with E-state index in [0.29, 0.717) is 25.9 Å². The minimum absolute atomic E-state index is 0.0595. The number of aryl methyl sites for hydroxylation is 2. The highest BCUT2D eigenvalue weighted by Crippen LogP contribution is 2.41. The molecule has 4 atom stereocenters. The van der Waals surface area contributed by atoms with Crippen LogP contribution in [0.5, 0.6) is 0 Å². The van der Waals surface area contributed by atoms with E-state index < -0.39 is 12.8 Å². The van der Waals surface area contributed by atoms with Crippen molar-refractivity contribution in [3.05, 3.63) is 34.9 Å². The molecule has 1 aliphatic heterocycles. The largest absolute Gasteiger partial charge is 0.391 e. The number of benzene rings is 1. The summed E-state index contributed by atoms with van der Waals surface area (Å²) in [6, 6.07) is 6.05. The number of β-amino-alcohol motifs (C(OH)–C–C–N with tert-alkyl or cyclic N) is 1. The number of rotatable bonds is 6. The van der Waals surface area contributed by atoms with Crippen LogP contribution in [0.1, 0.15) is 23.1 Å². The summed E-state index contributed by atoms with van der Waals surface area (Å²) in [6.07, 6.45) is 0.260. The van der Waals surface area contributed by atoms with Crippen LogP contribution >= 0.6 is 0 Å². The second-order valence-corrected chi connectivity index (χ2v) is 7.80. The molecule has 142 valence electrons. The van der Waals surface area contributed by atoms with Gasteiger partial charge in [0, 0.05) is 31.5 Å². The number of amides is 2. The summed E-state index contributed by atoms with van der Waals surface area (Å²) in [4.78, 5) is 26.1. The predicted octanol–water partition coefficient (Wildman–Crippen LogP) is 1.39. The van der Waals surface area contributed by atoms with Gasteiger partial charge in [0.1, 0.15) is 0 Å². The lowest BCUT2D eigenvalue weighted by Gasteiger charge is -2.16. The molecule has 0 spiro atoms. The molecule has 2 aliphatic rings. The molecular formula is C20H27FN2O3. The van der Waals surface area contributed by atoms with Crippen molar-refractivity contribution < 1.29 is 19.1 Å². The lowest BCUT2D eigenvalue weighted by molar-refractivity contribution is -0.132. The van der Waals surface area contributed by atoms with Crippen LogP contribution in [0, 0.1) is 31.6 Å². The first kappa shape index (κ1) is 18.8. The zero-order chi connectivity index (χ0) is 18.8. The van der Waals surface area contributed by atoms with Crippen LogP contribution in [0.3, 0.4) is 0 Å². The van der Waals surface area contributed by atoms with Gasteiger partial charge in [0.05, 0.1) is 19.2 Å². The summed E-state index contributed by atoms with van der Waals surface area (Å²) in [5, 5.41) is 13.1. The molecule has 0 unspecified atom stereocenters. The van der Waals surface area contributed by atoms with Crippen molar-refractivity contribution in [2.24, 2.45) is 17.8 Å². The number of carbonyl (C=O) groups is 2. The molecular weight excluding hydrogens is 335 g/mol. The lowest BCUT2D eigenvalue weighted by atomic mass is 10.0. The molecule has 1 aromatic rings. The number of hydrogen-bond acceptors (Lipinski definition) is 3. The van der Waals surface area contributed by atoms with Gasteiger partial charge in [-0.3, -0.25) is 14.0 Å². The van der Waals surface area contributed by atoms with Crippen LogP contribution in [0.15, 0.2) is 18.2 Å². The number of alkyl halides is 1. The van der Waals surface area contributed by atoms with Crippen LogP contribution in [0.25, 0.3) is 0 Å². The summed E-state index contributed by atoms with van der Waals surface area (Å²) in [5.74, 6) is -0.687. The Labute approximate surface area is 153 Å². The molecule has 0 bridgehead atoms. The summed E-state index contributed by atoms with van der Waals surface area (Å²) < 4.78 is 12.6. The fourth-order valence-electron chi connectivity index (χ4n) is 3.85. The van der Waals surface area contributed by atoms with E-state index in [-0.39, 0.29) is 36.1 Å². The number of carbonyl (C=O) groups excluding carboxylic acids is 2. The number of likely N-dealkylation sites (tertiary alicyclic amines) is 1. The van der Waals surface area contributed by atoms with Gasteiger partial charge in [0.2, 0.25) is 11.8 Å². The first-order valence-electron chi connectivity index (χ1n) is 9.24. The molecule has 1 saturated carbocycles. The van der Waals surface area contributed by atoms with Gasteiger partial charge in [-0.2, -0.15) is 0 Å². The van der Waals surface area contributed by atoms with E-state index in [9.17, 15) is 19.1 Å². The third-order valence-electron chi connectivity index (χ3n) is 5.36. The standard InChI is InChI=1S/C20H27FN2O3/c1-12-3-13(2)5-14(4-12)6-19(25)22-9-16-10-23(11-18(16)24)20(26)17-7-15(17)8-21/h3-5,15-18,24H,6-11H2,1-2H3,(H,22,25)/t15-,16+,17+,18-/m0/s1. The summed E-state index contributed by atoms with van der Waals surface area (Å²) in [5.41, 5.74) is 3.22. The number of aliphatic hydroxyl groups excluding tert-OH is 1. The van der Waals surface area contributed by atoms with Gasteiger partial charge in [0.15, 0.2) is 0 Å². The molecule has 3 rings (SSSR count). The highest BCUT2D eigenvalue weighted by molar-refractivity contribution is 5.82. The van der Waals surface area contributed by atoms with Gasteiger partial charge in [-0.1, -0.05) is 29.3 Å². The molecule has 1 aliphatic carbocycles. The maximum Gasteiger partial charge on any atom is 0.226 e. The molecule has 2 fully saturated rings. The van der Waals surface area contributed by atoms with Crippen LogP contribution in [-0.4, -0.2) is 54.2 Å². The fraction of sp³-hybridized carbons (Fsp3) is 0.600. The summed E-state index contributed by atoms with van der Waals surface area (Å²) in [7, 11) is 0. The zero-order valence-corrected chi connectivity index (χ0v) is 15.4. The van der Waals surface area contributed by atoms with E-state index >= 15 is 0 Å². The minimum Gasteiger partial charge on any atom is -0.391 e. The quantitative estimate of drug-likeness (QED) is 0.803. The van der Waals surface area contributed by atoms with Crippen molar-refractivity contribution in [1.29, 1.82) is 0 Å². The molecule has 5 nitrogen and oxygen atoms in total. The van der Waals surface area contributed by atoms with Gasteiger partial charge < -0.3 is 15.3 Å². The molecule has 1 heterocycles. The Morgan fingerprint density at radius 2 is 1.88 bits per heavy atom. The molecule has 1 aromatic carbocycles. The van der Waals surface area contributed by atoms with Crippen molar-refractivity contribution in [3.63, 3.8) is 0 Å². The molecule has 1 saturated heterocycles. The summed E-state index contributed by atoms with van der Waals surface area (Å²) in [6.45, 7) is 4.58. The monoisotopic (exact) mass is 362 g/mol. The zero-order valence-electron chi connectivity index (χ0n) is 15.4. The SMILES string of the molecule is Cc1cc(C)cc(CC(=O)NC[C@@H]2CN(C(=O)[C@@H]3C[C@H]3CF)C[C@@H]2O)c1. The van der Waals surface area contributed by atoms with Crippen LogP contribution in [0.2, 0.25) is 0 Å². The fourth-order valence-corrected chi connectivity index (χ4v) is 3.85. The van der Waals surface area contributed by atoms with Gasteiger partial charge >= 0.3 is 0 Å². The number of aliphatic hydroxyl groups is 1. The lowest BCUT2D eigenvalue weighted by Crippen LogP contribution is -2.35.